The zero-order valence-electron chi connectivity index (χ0n) is 15.6. The van der Waals surface area contributed by atoms with Crippen LogP contribution in [0.5, 0.6) is 0 Å². The van der Waals surface area contributed by atoms with E-state index in [1.54, 1.807) is 0 Å². The first-order valence-electron chi connectivity index (χ1n) is 10.1. The van der Waals surface area contributed by atoms with Crippen molar-refractivity contribution in [3.8, 4) is 0 Å². The van der Waals surface area contributed by atoms with Gasteiger partial charge in [0.05, 0.1) is 0 Å². The van der Waals surface area contributed by atoms with E-state index in [2.05, 4.69) is 28.5 Å². The second-order valence-electron chi connectivity index (χ2n) is 7.29. The van der Waals surface area contributed by atoms with Crippen molar-refractivity contribution in [2.24, 2.45) is 5.92 Å². The van der Waals surface area contributed by atoms with Gasteiger partial charge in [0.1, 0.15) is 0 Å². The third-order valence-corrected chi connectivity index (χ3v) is 5.68. The minimum atomic E-state index is 0.813. The van der Waals surface area contributed by atoms with Gasteiger partial charge in [0, 0.05) is 39.4 Å². The molecule has 0 aromatic carbocycles. The first-order chi connectivity index (χ1) is 11.3. The van der Waals surface area contributed by atoms with E-state index in [4.69, 9.17) is 4.74 Å². The van der Waals surface area contributed by atoms with Gasteiger partial charge in [0.25, 0.3) is 0 Å². The maximum Gasteiger partial charge on any atom is 0.0495 e. The zero-order chi connectivity index (χ0) is 16.3. The molecule has 23 heavy (non-hydrogen) atoms. The van der Waals surface area contributed by atoms with Gasteiger partial charge in [-0.2, -0.15) is 0 Å². The molecule has 0 aliphatic carbocycles. The summed E-state index contributed by atoms with van der Waals surface area (Å²) >= 11 is 0. The molecule has 2 aliphatic rings. The van der Waals surface area contributed by atoms with Gasteiger partial charge in [-0.3, -0.25) is 0 Å². The summed E-state index contributed by atoms with van der Waals surface area (Å²) in [5, 5.41) is 0. The van der Waals surface area contributed by atoms with Crippen LogP contribution < -0.4 is 0 Å². The molecule has 0 saturated carbocycles. The second-order valence-corrected chi connectivity index (χ2v) is 7.29. The van der Waals surface area contributed by atoms with Gasteiger partial charge in [-0.05, 0) is 70.7 Å². The quantitative estimate of drug-likeness (QED) is 0.575. The van der Waals surface area contributed by atoms with E-state index in [0.717, 1.165) is 19.1 Å². The number of likely N-dealkylation sites (N-methyl/N-ethyl adjacent to an activating group) is 1. The summed E-state index contributed by atoms with van der Waals surface area (Å²) in [7, 11) is 0. The summed E-state index contributed by atoms with van der Waals surface area (Å²) in [4.78, 5) is 7.74. The lowest BCUT2D eigenvalue weighted by molar-refractivity contribution is 0.0654. The van der Waals surface area contributed by atoms with Crippen molar-refractivity contribution in [1.82, 2.24) is 14.7 Å². The monoisotopic (exact) mass is 325 g/mol. The molecule has 2 heterocycles. The fraction of sp³-hybridized carbons (Fsp3) is 1.00. The van der Waals surface area contributed by atoms with Crippen LogP contribution in [0.1, 0.15) is 46.0 Å². The summed E-state index contributed by atoms with van der Waals surface area (Å²) in [6.45, 7) is 17.8. The number of ether oxygens (including phenoxy) is 1. The molecular formula is C19H39N3O. The lowest BCUT2D eigenvalue weighted by atomic mass is 9.98. The Morgan fingerprint density at radius 3 is 2.00 bits per heavy atom. The average molecular weight is 326 g/mol. The predicted octanol–water partition coefficient (Wildman–Crippen LogP) is 2.54. The summed E-state index contributed by atoms with van der Waals surface area (Å²) in [6.07, 6.45) is 6.56. The van der Waals surface area contributed by atoms with Crippen molar-refractivity contribution in [2.75, 3.05) is 72.1 Å². The lowest BCUT2D eigenvalue weighted by Gasteiger charge is -2.34. The molecule has 0 spiro atoms. The summed E-state index contributed by atoms with van der Waals surface area (Å²) in [5.74, 6) is 0.813. The Labute approximate surface area is 144 Å². The molecule has 2 aliphatic heterocycles. The Hall–Kier alpha value is -0.160. The Kier molecular flexibility index (Phi) is 9.50. The van der Waals surface area contributed by atoms with Crippen LogP contribution in [0.25, 0.3) is 0 Å². The van der Waals surface area contributed by atoms with E-state index >= 15 is 0 Å². The van der Waals surface area contributed by atoms with Gasteiger partial charge in [-0.25, -0.2) is 0 Å². The minimum Gasteiger partial charge on any atom is -0.381 e. The van der Waals surface area contributed by atoms with Crippen LogP contribution in [0, 0.1) is 5.92 Å². The van der Waals surface area contributed by atoms with Crippen LogP contribution in [0.3, 0.4) is 0 Å². The maximum atomic E-state index is 5.92. The minimum absolute atomic E-state index is 0.813. The molecule has 4 nitrogen and oxygen atoms in total. The Balaban J connectivity index is 1.37. The number of rotatable bonds is 10. The number of unbranched alkanes of at least 4 members (excludes halogenated alkanes) is 2. The molecule has 0 N–H and O–H groups in total. The third-order valence-electron chi connectivity index (χ3n) is 5.68. The van der Waals surface area contributed by atoms with Crippen LogP contribution in [-0.2, 0) is 4.74 Å². The highest BCUT2D eigenvalue weighted by Gasteiger charge is 2.18. The molecule has 4 heteroatoms. The van der Waals surface area contributed by atoms with Crippen molar-refractivity contribution in [3.63, 3.8) is 0 Å². The fourth-order valence-corrected chi connectivity index (χ4v) is 3.76. The second kappa shape index (κ2) is 11.4. The molecule has 2 rings (SSSR count). The lowest BCUT2D eigenvalue weighted by Crippen LogP contribution is -2.46. The van der Waals surface area contributed by atoms with Gasteiger partial charge >= 0.3 is 0 Å². The van der Waals surface area contributed by atoms with Gasteiger partial charge in [-0.1, -0.05) is 13.8 Å². The van der Waals surface area contributed by atoms with Crippen molar-refractivity contribution in [3.05, 3.63) is 0 Å². The van der Waals surface area contributed by atoms with Gasteiger partial charge in [0.15, 0.2) is 0 Å². The predicted molar refractivity (Wildman–Crippen MR) is 98.1 cm³/mol. The van der Waals surface area contributed by atoms with E-state index in [-0.39, 0.29) is 0 Å². The smallest absolute Gasteiger partial charge is 0.0495 e. The molecule has 2 saturated heterocycles. The normalized spacial score (nSPS) is 22.7. The Bertz CT molecular complexity index is 256. The highest BCUT2D eigenvalue weighted by Crippen LogP contribution is 2.17. The van der Waals surface area contributed by atoms with Crippen LogP contribution in [-0.4, -0.2) is 86.8 Å². The highest BCUT2D eigenvalue weighted by molar-refractivity contribution is 4.72. The standard InChI is InChI=1S/C19H39N3O/c1-3-20-11-8-19(9-12-20)18-23-17-7-5-6-10-22-15-13-21(4-2)14-16-22/h19H,3-18H2,1-2H3. The largest absolute Gasteiger partial charge is 0.381 e. The van der Waals surface area contributed by atoms with E-state index < -0.39 is 0 Å². The molecule has 0 amide bonds. The number of piperidine rings is 1. The van der Waals surface area contributed by atoms with E-state index in [9.17, 15) is 0 Å². The van der Waals surface area contributed by atoms with Crippen molar-refractivity contribution in [1.29, 1.82) is 0 Å². The molecule has 0 aromatic rings. The van der Waals surface area contributed by atoms with E-state index in [1.165, 1.54) is 91.0 Å². The summed E-state index contributed by atoms with van der Waals surface area (Å²) in [6, 6.07) is 0. The Morgan fingerprint density at radius 1 is 0.739 bits per heavy atom. The number of piperazine rings is 1. The van der Waals surface area contributed by atoms with Gasteiger partial charge < -0.3 is 19.4 Å². The van der Waals surface area contributed by atoms with Crippen LogP contribution >= 0.6 is 0 Å². The third kappa shape index (κ3) is 7.51. The molecule has 2 fully saturated rings. The number of nitrogens with zero attached hydrogens (tertiary/aromatic N) is 3. The number of hydrogen-bond acceptors (Lipinski definition) is 4. The number of hydrogen-bond donors (Lipinski definition) is 0. The Morgan fingerprint density at radius 2 is 1.35 bits per heavy atom. The van der Waals surface area contributed by atoms with Crippen molar-refractivity contribution >= 4 is 0 Å². The molecule has 0 aromatic heterocycles. The van der Waals surface area contributed by atoms with Crippen molar-refractivity contribution in [2.45, 2.75) is 46.0 Å². The van der Waals surface area contributed by atoms with Crippen LogP contribution in [0.15, 0.2) is 0 Å². The molecule has 0 radical (unpaired) electrons. The van der Waals surface area contributed by atoms with Gasteiger partial charge in [0.2, 0.25) is 0 Å². The molecular weight excluding hydrogens is 286 g/mol. The molecule has 0 atom stereocenters. The molecule has 0 unspecified atom stereocenters. The SMILES string of the molecule is CCN1CCC(COCCCCCN2CCN(CC)CC2)CC1. The van der Waals surface area contributed by atoms with Crippen LogP contribution in [0.2, 0.25) is 0 Å². The van der Waals surface area contributed by atoms with E-state index in [1.807, 2.05) is 0 Å². The van der Waals surface area contributed by atoms with Gasteiger partial charge in [-0.15, -0.1) is 0 Å². The molecule has 0 bridgehead atoms. The highest BCUT2D eigenvalue weighted by atomic mass is 16.5. The van der Waals surface area contributed by atoms with E-state index in [0.29, 0.717) is 0 Å². The fourth-order valence-electron chi connectivity index (χ4n) is 3.76. The summed E-state index contributed by atoms with van der Waals surface area (Å²) in [5.41, 5.74) is 0. The van der Waals surface area contributed by atoms with Crippen molar-refractivity contribution < 1.29 is 4.74 Å². The topological polar surface area (TPSA) is 19.0 Å². The maximum absolute atomic E-state index is 5.92. The zero-order valence-corrected chi connectivity index (χ0v) is 15.6. The average Bonchev–Trinajstić information content (AvgIpc) is 2.62. The first kappa shape index (κ1) is 19.2. The van der Waals surface area contributed by atoms with Crippen LogP contribution in [0.4, 0.5) is 0 Å². The first-order valence-corrected chi connectivity index (χ1v) is 10.1. The molecule has 136 valence electrons. The number of likely N-dealkylation sites (tertiary alicyclic amines) is 1. The summed E-state index contributed by atoms with van der Waals surface area (Å²) < 4.78 is 5.92.